The lowest BCUT2D eigenvalue weighted by molar-refractivity contribution is 0.460. The van der Waals surface area contributed by atoms with Gasteiger partial charge in [0.1, 0.15) is 0 Å². The first kappa shape index (κ1) is 13.6. The number of fused-ring (bicyclic) bond motifs is 1. The zero-order valence-electron chi connectivity index (χ0n) is 12.1. The molecule has 0 amide bonds. The van der Waals surface area contributed by atoms with Gasteiger partial charge < -0.3 is 5.32 Å². The first-order valence-corrected chi connectivity index (χ1v) is 7.55. The van der Waals surface area contributed by atoms with E-state index >= 15 is 0 Å². The Balaban J connectivity index is 1.99. The lowest BCUT2D eigenvalue weighted by atomic mass is 9.89. The van der Waals surface area contributed by atoms with Crippen LogP contribution in [0.1, 0.15) is 62.8 Å². The average Bonchev–Trinajstić information content (AvgIpc) is 2.43. The van der Waals surface area contributed by atoms with Crippen LogP contribution >= 0.6 is 0 Å². The van der Waals surface area contributed by atoms with E-state index in [2.05, 4.69) is 44.3 Å². The Morgan fingerprint density at radius 2 is 1.83 bits per heavy atom. The highest BCUT2D eigenvalue weighted by Gasteiger charge is 2.12. The Hall–Kier alpha value is -0.820. The molecule has 18 heavy (non-hydrogen) atoms. The minimum atomic E-state index is 0.478. The molecule has 2 rings (SSSR count). The Labute approximate surface area is 112 Å². The van der Waals surface area contributed by atoms with E-state index in [1.165, 1.54) is 37.7 Å². The highest BCUT2D eigenvalue weighted by Crippen LogP contribution is 2.24. The number of rotatable bonds is 5. The van der Waals surface area contributed by atoms with E-state index in [9.17, 15) is 0 Å². The van der Waals surface area contributed by atoms with Gasteiger partial charge in [-0.3, -0.25) is 0 Å². The van der Waals surface area contributed by atoms with Crippen LogP contribution in [0.2, 0.25) is 0 Å². The smallest absolute Gasteiger partial charge is 0.0292 e. The lowest BCUT2D eigenvalue weighted by Gasteiger charge is -2.21. The summed E-state index contributed by atoms with van der Waals surface area (Å²) in [6.45, 7) is 7.98. The van der Waals surface area contributed by atoms with E-state index in [4.69, 9.17) is 0 Å². The number of aryl methyl sites for hydroxylation is 2. The molecule has 1 N–H and O–H groups in total. The van der Waals surface area contributed by atoms with Crippen molar-refractivity contribution in [2.24, 2.45) is 5.92 Å². The molecule has 0 saturated heterocycles. The number of hydrogen-bond acceptors (Lipinski definition) is 1. The van der Waals surface area contributed by atoms with Crippen LogP contribution in [-0.2, 0) is 12.8 Å². The third-order valence-electron chi connectivity index (χ3n) is 4.34. The van der Waals surface area contributed by atoms with Gasteiger partial charge in [0.05, 0.1) is 0 Å². The molecule has 0 bridgehead atoms. The molecule has 100 valence electrons. The second-order valence-electron chi connectivity index (χ2n) is 5.88. The third kappa shape index (κ3) is 3.35. The molecule has 1 nitrogen and oxygen atoms in total. The van der Waals surface area contributed by atoms with Crippen LogP contribution < -0.4 is 5.32 Å². The number of nitrogens with one attached hydrogen (secondary N) is 1. The summed E-state index contributed by atoms with van der Waals surface area (Å²) < 4.78 is 0. The van der Waals surface area contributed by atoms with Gasteiger partial charge in [-0.05, 0) is 61.8 Å². The highest BCUT2D eigenvalue weighted by atomic mass is 14.9. The van der Waals surface area contributed by atoms with Crippen LogP contribution in [0.25, 0.3) is 0 Å². The van der Waals surface area contributed by atoms with Crippen molar-refractivity contribution in [2.75, 3.05) is 6.54 Å². The van der Waals surface area contributed by atoms with Crippen LogP contribution in [0.15, 0.2) is 18.2 Å². The molecule has 1 heteroatoms. The molecule has 0 fully saturated rings. The van der Waals surface area contributed by atoms with E-state index in [0.29, 0.717) is 6.04 Å². The Bertz CT molecular complexity index is 383. The summed E-state index contributed by atoms with van der Waals surface area (Å²) in [5.74, 6) is 0.769. The highest BCUT2D eigenvalue weighted by molar-refractivity contribution is 5.35. The summed E-state index contributed by atoms with van der Waals surface area (Å²) in [4.78, 5) is 0. The summed E-state index contributed by atoms with van der Waals surface area (Å²) in [5, 5.41) is 3.66. The topological polar surface area (TPSA) is 12.0 Å². The van der Waals surface area contributed by atoms with Crippen LogP contribution in [0.4, 0.5) is 0 Å². The van der Waals surface area contributed by atoms with Crippen LogP contribution in [0.3, 0.4) is 0 Å². The lowest BCUT2D eigenvalue weighted by Crippen LogP contribution is -2.24. The maximum atomic E-state index is 3.66. The maximum absolute atomic E-state index is 3.66. The zero-order chi connectivity index (χ0) is 13.0. The van der Waals surface area contributed by atoms with E-state index in [-0.39, 0.29) is 0 Å². The molecule has 0 aromatic heterocycles. The Kier molecular flexibility index (Phi) is 4.82. The van der Waals surface area contributed by atoms with Gasteiger partial charge in [-0.1, -0.05) is 38.5 Å². The molecule has 2 unspecified atom stereocenters. The molecule has 0 radical (unpaired) electrons. The van der Waals surface area contributed by atoms with Gasteiger partial charge in [0.25, 0.3) is 0 Å². The monoisotopic (exact) mass is 245 g/mol. The van der Waals surface area contributed by atoms with Crippen molar-refractivity contribution >= 4 is 0 Å². The first-order chi connectivity index (χ1) is 8.70. The minimum Gasteiger partial charge on any atom is -0.310 e. The third-order valence-corrected chi connectivity index (χ3v) is 4.34. The fourth-order valence-electron chi connectivity index (χ4n) is 2.66. The summed E-state index contributed by atoms with van der Waals surface area (Å²) >= 11 is 0. The molecular formula is C17H27N. The molecule has 1 aromatic carbocycles. The molecule has 0 spiro atoms. The molecule has 1 aliphatic rings. The Morgan fingerprint density at radius 3 is 2.56 bits per heavy atom. The standard InChI is InChI=1S/C17H27N/c1-4-13(2)12-18-14(3)16-10-9-15-7-5-6-8-17(15)11-16/h9-11,13-14,18H,4-8,12H2,1-3H3. The van der Waals surface area contributed by atoms with E-state index in [0.717, 1.165) is 12.5 Å². The van der Waals surface area contributed by atoms with Crippen LogP contribution in [-0.4, -0.2) is 6.54 Å². The van der Waals surface area contributed by atoms with Crippen molar-refractivity contribution in [1.29, 1.82) is 0 Å². The fourth-order valence-corrected chi connectivity index (χ4v) is 2.66. The summed E-state index contributed by atoms with van der Waals surface area (Å²) in [5.41, 5.74) is 4.63. The van der Waals surface area contributed by atoms with E-state index < -0.39 is 0 Å². The van der Waals surface area contributed by atoms with Gasteiger partial charge in [0.15, 0.2) is 0 Å². The first-order valence-electron chi connectivity index (χ1n) is 7.55. The van der Waals surface area contributed by atoms with Crippen molar-refractivity contribution in [3.05, 3.63) is 34.9 Å². The van der Waals surface area contributed by atoms with Crippen molar-refractivity contribution in [3.63, 3.8) is 0 Å². The molecule has 2 atom stereocenters. The zero-order valence-corrected chi connectivity index (χ0v) is 12.1. The van der Waals surface area contributed by atoms with Gasteiger partial charge >= 0.3 is 0 Å². The normalized spacial score (nSPS) is 18.2. The SMILES string of the molecule is CCC(C)CNC(C)c1ccc2c(c1)CCCC2. The molecule has 0 heterocycles. The molecular weight excluding hydrogens is 218 g/mol. The average molecular weight is 245 g/mol. The second kappa shape index (κ2) is 6.38. The molecule has 0 saturated carbocycles. The number of hydrogen-bond donors (Lipinski definition) is 1. The van der Waals surface area contributed by atoms with Gasteiger partial charge in [-0.25, -0.2) is 0 Å². The minimum absolute atomic E-state index is 0.478. The fraction of sp³-hybridized carbons (Fsp3) is 0.647. The van der Waals surface area contributed by atoms with Crippen molar-refractivity contribution in [3.8, 4) is 0 Å². The Morgan fingerprint density at radius 1 is 1.11 bits per heavy atom. The van der Waals surface area contributed by atoms with Gasteiger partial charge in [-0.2, -0.15) is 0 Å². The van der Waals surface area contributed by atoms with Crippen molar-refractivity contribution in [1.82, 2.24) is 5.32 Å². The van der Waals surface area contributed by atoms with E-state index in [1.807, 2.05) is 0 Å². The predicted octanol–water partition coefficient (Wildman–Crippen LogP) is 4.26. The predicted molar refractivity (Wildman–Crippen MR) is 79.0 cm³/mol. The maximum Gasteiger partial charge on any atom is 0.0292 e. The van der Waals surface area contributed by atoms with Crippen LogP contribution in [0.5, 0.6) is 0 Å². The molecule has 0 aliphatic heterocycles. The largest absolute Gasteiger partial charge is 0.310 e. The second-order valence-corrected chi connectivity index (χ2v) is 5.88. The summed E-state index contributed by atoms with van der Waals surface area (Å²) in [7, 11) is 0. The van der Waals surface area contributed by atoms with E-state index in [1.54, 1.807) is 11.1 Å². The quantitative estimate of drug-likeness (QED) is 0.817. The van der Waals surface area contributed by atoms with Crippen LogP contribution in [0, 0.1) is 5.92 Å². The van der Waals surface area contributed by atoms with Gasteiger partial charge in [0, 0.05) is 6.04 Å². The summed E-state index contributed by atoms with van der Waals surface area (Å²) in [6.07, 6.45) is 6.55. The van der Waals surface area contributed by atoms with Crippen molar-refractivity contribution in [2.45, 2.75) is 58.9 Å². The van der Waals surface area contributed by atoms with Gasteiger partial charge in [-0.15, -0.1) is 0 Å². The molecule has 1 aliphatic carbocycles. The number of benzene rings is 1. The summed E-state index contributed by atoms with van der Waals surface area (Å²) in [6, 6.07) is 7.58. The molecule has 1 aromatic rings. The van der Waals surface area contributed by atoms with Crippen molar-refractivity contribution < 1.29 is 0 Å². The van der Waals surface area contributed by atoms with Gasteiger partial charge in [0.2, 0.25) is 0 Å².